The zero-order chi connectivity index (χ0) is 25.9. The van der Waals surface area contributed by atoms with Crippen molar-refractivity contribution in [2.24, 2.45) is 0 Å². The van der Waals surface area contributed by atoms with E-state index in [1.54, 1.807) is 18.2 Å². The Kier molecular flexibility index (Phi) is 7.60. The number of benzene rings is 3. The first-order valence-electron chi connectivity index (χ1n) is 11.8. The standard InChI is InChI=1S/C32H36O3/c1-20(2)14-23-17-26(8-11-29(23)33)32(7,27-9-12-30(34)24(18-27)15-21(3)4)28-10-13-31(35)25(19-28)16-22(5)6/h8-13,17-19,33-35H,1,3,5,14-16H2,2,4,6-7H3. The molecule has 0 saturated carbocycles. The highest BCUT2D eigenvalue weighted by Gasteiger charge is 2.33. The van der Waals surface area contributed by atoms with Crippen LogP contribution in [0.15, 0.2) is 91.1 Å². The van der Waals surface area contributed by atoms with Crippen LogP contribution in [0.4, 0.5) is 0 Å². The zero-order valence-electron chi connectivity index (χ0n) is 21.3. The van der Waals surface area contributed by atoms with Crippen LogP contribution in [0.5, 0.6) is 17.2 Å². The summed E-state index contributed by atoms with van der Waals surface area (Å²) in [5.41, 5.74) is 7.64. The van der Waals surface area contributed by atoms with Gasteiger partial charge in [0.1, 0.15) is 17.2 Å². The van der Waals surface area contributed by atoms with Gasteiger partial charge in [-0.25, -0.2) is 0 Å². The molecule has 35 heavy (non-hydrogen) atoms. The Hall–Kier alpha value is -3.72. The Morgan fingerprint density at radius 1 is 0.571 bits per heavy atom. The van der Waals surface area contributed by atoms with E-state index in [1.165, 1.54) is 0 Å². The van der Waals surface area contributed by atoms with Gasteiger partial charge in [0.05, 0.1) is 0 Å². The minimum atomic E-state index is -0.632. The number of phenols is 3. The lowest BCUT2D eigenvalue weighted by Gasteiger charge is -2.33. The number of rotatable bonds is 9. The van der Waals surface area contributed by atoms with Crippen molar-refractivity contribution in [3.05, 3.63) is 124 Å². The molecule has 0 aliphatic heterocycles. The normalized spacial score (nSPS) is 11.3. The maximum absolute atomic E-state index is 10.5. The summed E-state index contributed by atoms with van der Waals surface area (Å²) in [7, 11) is 0. The van der Waals surface area contributed by atoms with Crippen LogP contribution < -0.4 is 0 Å². The van der Waals surface area contributed by atoms with E-state index in [0.29, 0.717) is 19.3 Å². The zero-order valence-corrected chi connectivity index (χ0v) is 21.3. The minimum absolute atomic E-state index is 0.237. The largest absolute Gasteiger partial charge is 0.508 e. The Morgan fingerprint density at radius 2 is 0.829 bits per heavy atom. The van der Waals surface area contributed by atoms with Crippen LogP contribution >= 0.6 is 0 Å². The van der Waals surface area contributed by atoms with Crippen molar-refractivity contribution in [1.29, 1.82) is 0 Å². The van der Waals surface area contributed by atoms with Gasteiger partial charge in [-0.15, -0.1) is 0 Å². The average molecular weight is 469 g/mol. The molecule has 3 rings (SSSR count). The fourth-order valence-corrected chi connectivity index (χ4v) is 4.59. The van der Waals surface area contributed by atoms with Crippen molar-refractivity contribution in [3.63, 3.8) is 0 Å². The van der Waals surface area contributed by atoms with E-state index in [2.05, 4.69) is 26.7 Å². The average Bonchev–Trinajstić information content (AvgIpc) is 2.76. The molecule has 3 heteroatoms. The topological polar surface area (TPSA) is 60.7 Å². The Bertz CT molecular complexity index is 1140. The molecule has 0 heterocycles. The number of hydrogen-bond donors (Lipinski definition) is 3. The first-order valence-corrected chi connectivity index (χ1v) is 11.8. The summed E-state index contributed by atoms with van der Waals surface area (Å²) in [6.45, 7) is 20.0. The van der Waals surface area contributed by atoms with Crippen LogP contribution in [0.25, 0.3) is 0 Å². The lowest BCUT2D eigenvalue weighted by molar-refractivity contribution is 0.467. The van der Waals surface area contributed by atoms with Crippen molar-refractivity contribution in [1.82, 2.24) is 0 Å². The molecule has 3 aromatic carbocycles. The molecule has 0 aliphatic carbocycles. The van der Waals surface area contributed by atoms with E-state index in [0.717, 1.165) is 50.1 Å². The monoisotopic (exact) mass is 468 g/mol. The third-order valence-corrected chi connectivity index (χ3v) is 6.45. The van der Waals surface area contributed by atoms with Crippen LogP contribution in [0, 0.1) is 0 Å². The molecular formula is C32H36O3. The SMILES string of the molecule is C=C(C)Cc1cc(C(C)(c2ccc(O)c(CC(=C)C)c2)c2ccc(O)c(CC(=C)C)c2)ccc1O. The summed E-state index contributed by atoms with van der Waals surface area (Å²) in [5, 5.41) is 31.6. The molecule has 0 radical (unpaired) electrons. The van der Waals surface area contributed by atoms with E-state index in [-0.39, 0.29) is 17.2 Å². The third-order valence-electron chi connectivity index (χ3n) is 6.45. The van der Waals surface area contributed by atoms with Gasteiger partial charge in [-0.2, -0.15) is 0 Å². The number of phenolic OH excluding ortho intramolecular Hbond substituents is 3. The van der Waals surface area contributed by atoms with Gasteiger partial charge in [0.2, 0.25) is 0 Å². The molecule has 0 bridgehead atoms. The fourth-order valence-electron chi connectivity index (χ4n) is 4.59. The minimum Gasteiger partial charge on any atom is -0.508 e. The molecule has 0 atom stereocenters. The summed E-state index contributed by atoms with van der Waals surface area (Å²) < 4.78 is 0. The summed E-state index contributed by atoms with van der Waals surface area (Å²) >= 11 is 0. The first kappa shape index (κ1) is 25.9. The van der Waals surface area contributed by atoms with Crippen molar-refractivity contribution >= 4 is 0 Å². The second-order valence-electron chi connectivity index (χ2n) is 10.1. The van der Waals surface area contributed by atoms with Gasteiger partial charge < -0.3 is 15.3 Å². The molecule has 0 saturated heterocycles. The third kappa shape index (κ3) is 5.68. The number of allylic oxidation sites excluding steroid dienone is 3. The molecule has 3 N–H and O–H groups in total. The summed E-state index contributed by atoms with van der Waals surface area (Å²) in [6, 6.07) is 17.1. The van der Waals surface area contributed by atoms with Crippen LogP contribution in [-0.4, -0.2) is 15.3 Å². The predicted molar refractivity (Wildman–Crippen MR) is 145 cm³/mol. The summed E-state index contributed by atoms with van der Waals surface area (Å²) in [4.78, 5) is 0. The molecular weight excluding hydrogens is 432 g/mol. The molecule has 0 amide bonds. The molecule has 3 nitrogen and oxygen atoms in total. The quantitative estimate of drug-likeness (QED) is 0.225. The van der Waals surface area contributed by atoms with E-state index in [4.69, 9.17) is 0 Å². The summed E-state index contributed by atoms with van der Waals surface area (Å²) in [6.07, 6.45) is 1.72. The highest BCUT2D eigenvalue weighted by Crippen LogP contribution is 2.43. The van der Waals surface area contributed by atoms with E-state index in [9.17, 15) is 15.3 Å². The van der Waals surface area contributed by atoms with Crippen molar-refractivity contribution in [2.75, 3.05) is 0 Å². The second kappa shape index (κ2) is 10.3. The molecule has 0 aliphatic rings. The van der Waals surface area contributed by atoms with Gasteiger partial charge >= 0.3 is 0 Å². The van der Waals surface area contributed by atoms with E-state index in [1.807, 2.05) is 57.2 Å². The van der Waals surface area contributed by atoms with E-state index >= 15 is 0 Å². The highest BCUT2D eigenvalue weighted by atomic mass is 16.3. The van der Waals surface area contributed by atoms with Crippen LogP contribution in [0.2, 0.25) is 0 Å². The van der Waals surface area contributed by atoms with E-state index < -0.39 is 5.41 Å². The molecule has 0 aromatic heterocycles. The predicted octanol–water partition coefficient (Wildman–Crippen LogP) is 7.51. The Balaban J connectivity index is 2.32. The molecule has 0 fully saturated rings. The van der Waals surface area contributed by atoms with Crippen LogP contribution in [0.3, 0.4) is 0 Å². The first-order chi connectivity index (χ1) is 16.4. The van der Waals surface area contributed by atoms with Gasteiger partial charge in [0.15, 0.2) is 0 Å². The summed E-state index contributed by atoms with van der Waals surface area (Å²) in [5.74, 6) is 0.712. The van der Waals surface area contributed by atoms with Crippen LogP contribution in [-0.2, 0) is 24.7 Å². The lowest BCUT2D eigenvalue weighted by atomic mass is 9.69. The van der Waals surface area contributed by atoms with Gasteiger partial charge in [0, 0.05) is 5.41 Å². The number of hydrogen-bond acceptors (Lipinski definition) is 3. The maximum atomic E-state index is 10.5. The van der Waals surface area contributed by atoms with Crippen LogP contribution in [0.1, 0.15) is 61.1 Å². The lowest BCUT2D eigenvalue weighted by Crippen LogP contribution is -2.26. The van der Waals surface area contributed by atoms with Crippen molar-refractivity contribution < 1.29 is 15.3 Å². The number of aromatic hydroxyl groups is 3. The Morgan fingerprint density at radius 3 is 1.06 bits per heavy atom. The Labute approximate surface area is 209 Å². The van der Waals surface area contributed by atoms with Gasteiger partial charge in [-0.1, -0.05) is 72.9 Å². The fraction of sp³-hybridized carbons (Fsp3) is 0.250. The van der Waals surface area contributed by atoms with Gasteiger partial charge in [-0.3, -0.25) is 0 Å². The van der Waals surface area contributed by atoms with Gasteiger partial charge in [-0.05, 0) is 98.5 Å². The molecule has 182 valence electrons. The van der Waals surface area contributed by atoms with Gasteiger partial charge in [0.25, 0.3) is 0 Å². The maximum Gasteiger partial charge on any atom is 0.119 e. The molecule has 3 aromatic rings. The van der Waals surface area contributed by atoms with Crippen molar-refractivity contribution in [2.45, 2.75) is 52.4 Å². The van der Waals surface area contributed by atoms with Crippen molar-refractivity contribution in [3.8, 4) is 17.2 Å². The second-order valence-corrected chi connectivity index (χ2v) is 10.1. The molecule has 0 unspecified atom stereocenters. The smallest absolute Gasteiger partial charge is 0.119 e. The highest BCUT2D eigenvalue weighted by molar-refractivity contribution is 5.56. The molecule has 0 spiro atoms.